The van der Waals surface area contributed by atoms with E-state index >= 15 is 0 Å². The second-order valence-corrected chi connectivity index (χ2v) is 9.18. The van der Waals surface area contributed by atoms with Gasteiger partial charge in [-0.25, -0.2) is 0 Å². The van der Waals surface area contributed by atoms with Crippen molar-refractivity contribution in [3.8, 4) is 11.5 Å². The molecular formula is C29H29NO7. The van der Waals surface area contributed by atoms with Crippen molar-refractivity contribution in [3.63, 3.8) is 0 Å². The van der Waals surface area contributed by atoms with Gasteiger partial charge in [0, 0.05) is 13.2 Å². The molecule has 192 valence electrons. The first-order valence-electron chi connectivity index (χ1n) is 12.3. The van der Waals surface area contributed by atoms with Gasteiger partial charge in [0.15, 0.2) is 23.0 Å². The molecule has 0 aliphatic carbocycles. The van der Waals surface area contributed by atoms with Crippen LogP contribution in [0.3, 0.4) is 0 Å². The van der Waals surface area contributed by atoms with E-state index in [0.29, 0.717) is 36.0 Å². The SMILES string of the molecule is COc1cc(C2C(C(=O)c3ccc(C)o3)=C(O)C(=O)N2CC2CCCO2)ccc1OCc1ccccc1. The van der Waals surface area contributed by atoms with Crippen molar-refractivity contribution >= 4 is 11.7 Å². The van der Waals surface area contributed by atoms with Crippen LogP contribution in [0.25, 0.3) is 0 Å². The molecule has 1 N–H and O–H groups in total. The number of aliphatic hydroxyl groups is 1. The molecule has 0 radical (unpaired) electrons. The van der Waals surface area contributed by atoms with Gasteiger partial charge in [-0.3, -0.25) is 9.59 Å². The number of hydrogen-bond donors (Lipinski definition) is 1. The smallest absolute Gasteiger partial charge is 0.290 e. The molecule has 2 aromatic carbocycles. The third-order valence-corrected chi connectivity index (χ3v) is 6.68. The predicted octanol–water partition coefficient (Wildman–Crippen LogP) is 4.93. The number of aliphatic hydroxyl groups excluding tert-OH is 1. The number of amides is 1. The van der Waals surface area contributed by atoms with E-state index in [0.717, 1.165) is 18.4 Å². The number of carbonyl (C=O) groups excluding carboxylic acids is 2. The van der Waals surface area contributed by atoms with E-state index in [9.17, 15) is 14.7 Å². The molecule has 1 amide bonds. The highest BCUT2D eigenvalue weighted by molar-refractivity contribution is 6.15. The Labute approximate surface area is 215 Å². The molecule has 37 heavy (non-hydrogen) atoms. The zero-order chi connectivity index (χ0) is 25.9. The summed E-state index contributed by atoms with van der Waals surface area (Å²) in [5.74, 6) is -0.145. The molecule has 5 rings (SSSR count). The van der Waals surface area contributed by atoms with Gasteiger partial charge in [-0.2, -0.15) is 0 Å². The fourth-order valence-corrected chi connectivity index (χ4v) is 4.83. The first-order chi connectivity index (χ1) is 18.0. The molecule has 2 atom stereocenters. The van der Waals surface area contributed by atoms with Crippen LogP contribution in [0.4, 0.5) is 0 Å². The summed E-state index contributed by atoms with van der Waals surface area (Å²) < 4.78 is 22.9. The van der Waals surface area contributed by atoms with Crippen molar-refractivity contribution in [1.82, 2.24) is 4.90 Å². The fraction of sp³-hybridized carbons (Fsp3) is 0.310. The van der Waals surface area contributed by atoms with E-state index in [4.69, 9.17) is 18.6 Å². The van der Waals surface area contributed by atoms with Gasteiger partial charge in [0.1, 0.15) is 12.4 Å². The third kappa shape index (κ3) is 4.97. The quantitative estimate of drug-likeness (QED) is 0.413. The maximum atomic E-state index is 13.5. The highest BCUT2D eigenvalue weighted by Gasteiger charge is 2.45. The molecule has 0 saturated carbocycles. The summed E-state index contributed by atoms with van der Waals surface area (Å²) in [7, 11) is 1.53. The first kappa shape index (κ1) is 24.6. The Bertz CT molecular complexity index is 1320. The summed E-state index contributed by atoms with van der Waals surface area (Å²) in [6, 6.07) is 17.4. The van der Waals surface area contributed by atoms with Gasteiger partial charge < -0.3 is 28.6 Å². The number of benzene rings is 2. The number of hydrogen-bond acceptors (Lipinski definition) is 7. The maximum absolute atomic E-state index is 13.5. The number of ether oxygens (including phenoxy) is 3. The molecule has 3 heterocycles. The number of furan rings is 1. The Morgan fingerprint density at radius 3 is 2.59 bits per heavy atom. The second-order valence-electron chi connectivity index (χ2n) is 9.18. The van der Waals surface area contributed by atoms with E-state index in [2.05, 4.69) is 0 Å². The van der Waals surface area contributed by atoms with Crippen LogP contribution >= 0.6 is 0 Å². The van der Waals surface area contributed by atoms with Crippen LogP contribution in [0.15, 0.2) is 76.4 Å². The largest absolute Gasteiger partial charge is 0.503 e. The highest BCUT2D eigenvalue weighted by atomic mass is 16.5. The van der Waals surface area contributed by atoms with Crippen molar-refractivity contribution in [2.45, 2.75) is 38.5 Å². The highest BCUT2D eigenvalue weighted by Crippen LogP contribution is 2.42. The topological polar surface area (TPSA) is 98.4 Å². The van der Waals surface area contributed by atoms with Crippen LogP contribution in [0.1, 0.15) is 46.3 Å². The first-order valence-corrected chi connectivity index (χ1v) is 12.3. The lowest BCUT2D eigenvalue weighted by atomic mass is 9.94. The Kier molecular flexibility index (Phi) is 7.01. The average molecular weight is 504 g/mol. The molecule has 2 aliphatic heterocycles. The van der Waals surface area contributed by atoms with Gasteiger partial charge in [-0.1, -0.05) is 36.4 Å². The van der Waals surface area contributed by atoms with Gasteiger partial charge >= 0.3 is 0 Å². The number of aryl methyl sites for hydroxylation is 1. The molecule has 1 aromatic heterocycles. The predicted molar refractivity (Wildman–Crippen MR) is 135 cm³/mol. The standard InChI is InChI=1S/C29H29NO7/c1-18-10-12-23(37-18)27(31)25-26(30(29(33)28(25)32)16-21-9-6-14-35-21)20-11-13-22(24(15-20)34-2)36-17-19-7-4-3-5-8-19/h3-5,7-8,10-13,15,21,26,32H,6,9,14,16-17H2,1-2H3. The Morgan fingerprint density at radius 1 is 1.11 bits per heavy atom. The van der Waals surface area contributed by atoms with E-state index in [-0.39, 0.29) is 24.0 Å². The molecule has 8 heteroatoms. The second kappa shape index (κ2) is 10.5. The minimum absolute atomic E-state index is 0.0302. The van der Waals surface area contributed by atoms with E-state index in [1.165, 1.54) is 12.0 Å². The molecule has 3 aromatic rings. The summed E-state index contributed by atoms with van der Waals surface area (Å²) in [6.07, 6.45) is 1.53. The summed E-state index contributed by atoms with van der Waals surface area (Å²) in [4.78, 5) is 28.2. The molecule has 1 saturated heterocycles. The van der Waals surface area contributed by atoms with Crippen molar-refractivity contribution in [3.05, 3.63) is 94.6 Å². The lowest BCUT2D eigenvalue weighted by Crippen LogP contribution is -2.37. The van der Waals surface area contributed by atoms with Crippen molar-refractivity contribution in [2.24, 2.45) is 0 Å². The monoisotopic (exact) mass is 503 g/mol. The number of ketones is 1. The van der Waals surface area contributed by atoms with Gasteiger partial charge in [0.2, 0.25) is 5.78 Å². The minimum atomic E-state index is -0.841. The molecule has 1 fully saturated rings. The normalized spacial score (nSPS) is 19.5. The minimum Gasteiger partial charge on any atom is -0.503 e. The fourth-order valence-electron chi connectivity index (χ4n) is 4.83. The summed E-state index contributed by atoms with van der Waals surface area (Å²) in [6.45, 7) is 2.95. The number of Topliss-reactive ketones (excluding diaryl/α,β-unsaturated/α-hetero) is 1. The molecule has 0 spiro atoms. The zero-order valence-corrected chi connectivity index (χ0v) is 20.8. The van der Waals surface area contributed by atoms with E-state index in [1.807, 2.05) is 30.3 Å². The van der Waals surface area contributed by atoms with Crippen molar-refractivity contribution in [1.29, 1.82) is 0 Å². The number of rotatable bonds is 9. The third-order valence-electron chi connectivity index (χ3n) is 6.68. The number of nitrogens with zero attached hydrogens (tertiary/aromatic N) is 1. The lowest BCUT2D eigenvalue weighted by Gasteiger charge is -2.29. The summed E-state index contributed by atoms with van der Waals surface area (Å²) in [5, 5.41) is 10.9. The van der Waals surface area contributed by atoms with Crippen LogP contribution in [-0.2, 0) is 16.1 Å². The number of carbonyl (C=O) groups is 2. The van der Waals surface area contributed by atoms with Gasteiger partial charge in [0.05, 0.1) is 24.8 Å². The van der Waals surface area contributed by atoms with Crippen molar-refractivity contribution < 1.29 is 33.3 Å². The Hall–Kier alpha value is -4.04. The van der Waals surface area contributed by atoms with Gasteiger partial charge in [-0.05, 0) is 55.2 Å². The Morgan fingerprint density at radius 2 is 1.92 bits per heavy atom. The molecule has 0 bridgehead atoms. The lowest BCUT2D eigenvalue weighted by molar-refractivity contribution is -0.131. The van der Waals surface area contributed by atoms with Crippen LogP contribution in [0, 0.1) is 6.92 Å². The van der Waals surface area contributed by atoms with Crippen LogP contribution in [0.2, 0.25) is 0 Å². The summed E-state index contributed by atoms with van der Waals surface area (Å²) >= 11 is 0. The Balaban J connectivity index is 1.50. The van der Waals surface area contributed by atoms with E-state index in [1.54, 1.807) is 37.3 Å². The summed E-state index contributed by atoms with van der Waals surface area (Å²) in [5.41, 5.74) is 1.58. The van der Waals surface area contributed by atoms with Gasteiger partial charge in [-0.15, -0.1) is 0 Å². The van der Waals surface area contributed by atoms with Crippen molar-refractivity contribution in [2.75, 3.05) is 20.3 Å². The van der Waals surface area contributed by atoms with E-state index < -0.39 is 23.5 Å². The van der Waals surface area contributed by atoms with Crippen LogP contribution in [0.5, 0.6) is 11.5 Å². The maximum Gasteiger partial charge on any atom is 0.290 e. The average Bonchev–Trinajstić information content (AvgIpc) is 3.65. The molecular weight excluding hydrogens is 474 g/mol. The molecule has 8 nitrogen and oxygen atoms in total. The van der Waals surface area contributed by atoms with Crippen LogP contribution in [-0.4, -0.2) is 48.1 Å². The molecule has 2 unspecified atom stereocenters. The van der Waals surface area contributed by atoms with Crippen LogP contribution < -0.4 is 9.47 Å². The zero-order valence-electron chi connectivity index (χ0n) is 20.8. The van der Waals surface area contributed by atoms with Gasteiger partial charge in [0.25, 0.3) is 5.91 Å². The molecule has 2 aliphatic rings. The number of methoxy groups -OCH3 is 1.